The van der Waals surface area contributed by atoms with E-state index in [0.29, 0.717) is 6.04 Å². The topological polar surface area (TPSA) is 38.0 Å². The van der Waals surface area contributed by atoms with Gasteiger partial charge in [-0.05, 0) is 0 Å². The molecule has 1 aliphatic carbocycles. The Balaban J connectivity index is 2.08. The number of nitrogens with two attached hydrogens (primary N) is 1. The number of hydrogen-bond donors (Lipinski definition) is 2. The zero-order chi connectivity index (χ0) is 16.0. The molecule has 3 heteroatoms. The fraction of sp³-hybridized carbons (Fsp3) is 0.947. The first-order valence-electron chi connectivity index (χ1n) is 9.80. The normalized spacial score (nSPS) is 17.3. The molecule has 0 heterocycles. The van der Waals surface area contributed by atoms with Crippen molar-refractivity contribution < 1.29 is 0 Å². The summed E-state index contributed by atoms with van der Waals surface area (Å²) in [6.07, 6.45) is 21.0. The Morgan fingerprint density at radius 1 is 0.955 bits per heavy atom. The summed E-state index contributed by atoms with van der Waals surface area (Å²) in [7, 11) is 0. The summed E-state index contributed by atoms with van der Waals surface area (Å²) in [4.78, 5) is 0. The van der Waals surface area contributed by atoms with Crippen LogP contribution in [0.3, 0.4) is 0 Å². The second-order valence-corrected chi connectivity index (χ2v) is 8.05. The van der Waals surface area contributed by atoms with Gasteiger partial charge in [0.25, 0.3) is 0 Å². The number of hydrogen-bond acceptors (Lipinski definition) is 2. The van der Waals surface area contributed by atoms with Gasteiger partial charge in [0.15, 0.2) is 0 Å². The standard InChI is InChI=1S/C19H38N2Se/c1-2-3-4-5-6-7-8-9-13-16-18(21-19(20)22)17-14-11-10-12-15-17/h17-18H,2-16H2,1H3,(H3,20,21,22). The molecule has 0 aliphatic heterocycles. The van der Waals surface area contributed by atoms with Crippen LogP contribution in [0.4, 0.5) is 0 Å². The van der Waals surface area contributed by atoms with Gasteiger partial charge in [-0.15, -0.1) is 0 Å². The summed E-state index contributed by atoms with van der Waals surface area (Å²) in [5.74, 6) is 0.842. The van der Waals surface area contributed by atoms with Crippen LogP contribution in [-0.2, 0) is 0 Å². The van der Waals surface area contributed by atoms with Gasteiger partial charge in [0, 0.05) is 0 Å². The molecule has 1 aliphatic rings. The molecule has 0 radical (unpaired) electrons. The Bertz CT molecular complexity index is 275. The summed E-state index contributed by atoms with van der Waals surface area (Å²) >= 11 is 2.93. The van der Waals surface area contributed by atoms with E-state index in [1.165, 1.54) is 96.3 Å². The Kier molecular flexibility index (Phi) is 12.2. The number of nitrogens with one attached hydrogen (secondary N) is 1. The third kappa shape index (κ3) is 9.90. The molecule has 1 rings (SSSR count). The number of unbranched alkanes of at least 4 members (excludes halogenated alkanes) is 8. The summed E-state index contributed by atoms with van der Waals surface area (Å²) in [5, 5.41) is 3.51. The molecule has 0 aromatic rings. The summed E-state index contributed by atoms with van der Waals surface area (Å²) in [6, 6.07) is 0.603. The van der Waals surface area contributed by atoms with Crippen molar-refractivity contribution in [3.8, 4) is 0 Å². The Morgan fingerprint density at radius 3 is 2.05 bits per heavy atom. The molecule has 0 spiro atoms. The maximum atomic E-state index is 5.86. The molecule has 130 valence electrons. The van der Waals surface area contributed by atoms with Crippen LogP contribution in [-0.4, -0.2) is 26.3 Å². The molecular weight excluding hydrogens is 335 g/mol. The van der Waals surface area contributed by atoms with Crippen molar-refractivity contribution in [1.82, 2.24) is 5.32 Å². The van der Waals surface area contributed by atoms with E-state index >= 15 is 0 Å². The second kappa shape index (κ2) is 13.4. The van der Waals surface area contributed by atoms with Crippen LogP contribution < -0.4 is 11.1 Å². The molecule has 0 aromatic carbocycles. The van der Waals surface area contributed by atoms with Crippen LogP contribution in [0.5, 0.6) is 0 Å². The van der Waals surface area contributed by atoms with Crippen molar-refractivity contribution in [2.45, 2.75) is 109 Å². The van der Waals surface area contributed by atoms with Gasteiger partial charge >= 0.3 is 133 Å². The predicted molar refractivity (Wildman–Crippen MR) is 100 cm³/mol. The van der Waals surface area contributed by atoms with Crippen molar-refractivity contribution in [2.24, 2.45) is 11.7 Å². The van der Waals surface area contributed by atoms with Gasteiger partial charge in [0.2, 0.25) is 0 Å². The average molecular weight is 373 g/mol. The molecule has 22 heavy (non-hydrogen) atoms. The predicted octanol–water partition coefficient (Wildman–Crippen LogP) is 4.66. The molecule has 0 amide bonds. The molecule has 3 N–H and O–H groups in total. The minimum absolute atomic E-state index is 0.603. The first kappa shape index (κ1) is 20.0. The van der Waals surface area contributed by atoms with Gasteiger partial charge in [-0.25, -0.2) is 0 Å². The van der Waals surface area contributed by atoms with Crippen LogP contribution in [0.2, 0.25) is 0 Å². The van der Waals surface area contributed by atoms with Gasteiger partial charge in [-0.1, -0.05) is 13.3 Å². The van der Waals surface area contributed by atoms with E-state index in [1.54, 1.807) is 0 Å². The third-order valence-corrected chi connectivity index (χ3v) is 5.41. The van der Waals surface area contributed by atoms with Gasteiger partial charge < -0.3 is 0 Å². The van der Waals surface area contributed by atoms with Crippen LogP contribution in [0, 0.1) is 5.92 Å². The maximum absolute atomic E-state index is 5.86. The molecular formula is C19H38N2Se. The first-order chi connectivity index (χ1) is 10.7. The van der Waals surface area contributed by atoms with Crippen LogP contribution in [0.1, 0.15) is 103 Å². The fourth-order valence-electron chi connectivity index (χ4n) is 3.82. The Morgan fingerprint density at radius 2 is 1.50 bits per heavy atom. The molecule has 1 unspecified atom stereocenters. The molecule has 0 bridgehead atoms. The molecule has 1 atom stereocenters. The van der Waals surface area contributed by atoms with Crippen molar-refractivity contribution in [1.29, 1.82) is 0 Å². The van der Waals surface area contributed by atoms with Gasteiger partial charge in [0.1, 0.15) is 0 Å². The van der Waals surface area contributed by atoms with Crippen LogP contribution in [0.25, 0.3) is 0 Å². The van der Waals surface area contributed by atoms with E-state index in [1.807, 2.05) is 0 Å². The second-order valence-electron chi connectivity index (χ2n) is 7.13. The third-order valence-electron chi connectivity index (χ3n) is 5.17. The van der Waals surface area contributed by atoms with Crippen molar-refractivity contribution >= 4 is 20.2 Å². The first-order valence-corrected chi connectivity index (χ1v) is 10.7. The molecule has 1 saturated carbocycles. The molecule has 2 nitrogen and oxygen atoms in total. The summed E-state index contributed by atoms with van der Waals surface area (Å²) in [5.41, 5.74) is 5.86. The van der Waals surface area contributed by atoms with Crippen LogP contribution in [0.15, 0.2) is 0 Å². The Labute approximate surface area is 146 Å². The van der Waals surface area contributed by atoms with Gasteiger partial charge in [-0.2, -0.15) is 0 Å². The molecule has 0 saturated heterocycles. The zero-order valence-corrected chi connectivity index (χ0v) is 16.5. The zero-order valence-electron chi connectivity index (χ0n) is 14.7. The summed E-state index contributed by atoms with van der Waals surface area (Å²) in [6.45, 7) is 2.29. The van der Waals surface area contributed by atoms with Gasteiger partial charge in [0.05, 0.1) is 0 Å². The minimum atomic E-state index is 0.603. The van der Waals surface area contributed by atoms with E-state index in [2.05, 4.69) is 27.8 Å². The molecule has 1 fully saturated rings. The summed E-state index contributed by atoms with van der Waals surface area (Å²) < 4.78 is 0.784. The van der Waals surface area contributed by atoms with E-state index < -0.39 is 0 Å². The SMILES string of the molecule is CCCCCCCCCCCC(NC(N)=[Se])C1CCCCC1. The quantitative estimate of drug-likeness (QED) is 0.364. The van der Waals surface area contributed by atoms with Crippen LogP contribution >= 0.6 is 0 Å². The Hall–Kier alpha value is -0.0105. The monoisotopic (exact) mass is 374 g/mol. The molecule has 0 aromatic heterocycles. The van der Waals surface area contributed by atoms with E-state index in [4.69, 9.17) is 5.73 Å². The van der Waals surface area contributed by atoms with E-state index in [9.17, 15) is 0 Å². The fourth-order valence-corrected chi connectivity index (χ4v) is 4.14. The average Bonchev–Trinajstić information content (AvgIpc) is 2.52. The van der Waals surface area contributed by atoms with Crippen molar-refractivity contribution in [3.05, 3.63) is 0 Å². The van der Waals surface area contributed by atoms with E-state index in [-0.39, 0.29) is 0 Å². The van der Waals surface area contributed by atoms with Crippen molar-refractivity contribution in [2.75, 3.05) is 0 Å². The van der Waals surface area contributed by atoms with E-state index in [0.717, 1.165) is 10.6 Å². The van der Waals surface area contributed by atoms with Gasteiger partial charge in [-0.3, -0.25) is 0 Å². The van der Waals surface area contributed by atoms with Crippen molar-refractivity contribution in [3.63, 3.8) is 0 Å². The number of rotatable bonds is 13.